The maximum atomic E-state index is 12.4. The second-order valence-electron chi connectivity index (χ2n) is 4.78. The number of hydrogen-bond donors (Lipinski definition) is 1. The lowest BCUT2D eigenvalue weighted by Gasteiger charge is -2.22. The number of amides is 1. The molecule has 4 nitrogen and oxygen atoms in total. The Morgan fingerprint density at radius 2 is 2.11 bits per heavy atom. The van der Waals surface area contributed by atoms with Gasteiger partial charge in [0.1, 0.15) is 0 Å². The highest BCUT2D eigenvalue weighted by molar-refractivity contribution is 6.30. The van der Waals surface area contributed by atoms with Crippen molar-refractivity contribution >= 4 is 17.5 Å². The van der Waals surface area contributed by atoms with E-state index in [2.05, 4.69) is 10.2 Å². The number of nitrogens with zero attached hydrogens (tertiary/aromatic N) is 2. The molecule has 0 bridgehead atoms. The molecule has 2 aromatic rings. The van der Waals surface area contributed by atoms with Crippen LogP contribution in [-0.2, 0) is 6.54 Å². The summed E-state index contributed by atoms with van der Waals surface area (Å²) in [5.41, 5.74) is 1.70. The lowest BCUT2D eigenvalue weighted by molar-refractivity contribution is 0.0730. The van der Waals surface area contributed by atoms with Crippen molar-refractivity contribution in [3.8, 4) is 0 Å². The van der Waals surface area contributed by atoms with Crippen LogP contribution in [0.5, 0.6) is 0 Å². The minimum Gasteiger partial charge on any atom is -0.331 e. The van der Waals surface area contributed by atoms with Crippen LogP contribution >= 0.6 is 11.6 Å². The normalized spacial score (nSPS) is 14.4. The van der Waals surface area contributed by atoms with E-state index in [4.69, 9.17) is 11.6 Å². The van der Waals surface area contributed by atoms with Gasteiger partial charge in [-0.15, -0.1) is 0 Å². The van der Waals surface area contributed by atoms with Gasteiger partial charge in [0.25, 0.3) is 5.91 Å². The molecule has 0 saturated heterocycles. The minimum absolute atomic E-state index is 0.0335. The maximum absolute atomic E-state index is 12.4. The molecule has 3 rings (SSSR count). The van der Waals surface area contributed by atoms with Crippen molar-refractivity contribution in [2.45, 2.75) is 25.4 Å². The zero-order valence-electron chi connectivity index (χ0n) is 10.3. The monoisotopic (exact) mass is 275 g/mol. The summed E-state index contributed by atoms with van der Waals surface area (Å²) in [6.45, 7) is 0.617. The first-order valence-electron chi connectivity index (χ1n) is 6.28. The van der Waals surface area contributed by atoms with E-state index >= 15 is 0 Å². The third-order valence-corrected chi connectivity index (χ3v) is 3.51. The van der Waals surface area contributed by atoms with E-state index in [9.17, 15) is 4.79 Å². The van der Waals surface area contributed by atoms with Gasteiger partial charge in [-0.3, -0.25) is 9.89 Å². The summed E-state index contributed by atoms with van der Waals surface area (Å²) in [5, 5.41) is 7.23. The third-order valence-electron chi connectivity index (χ3n) is 3.26. The number of carbonyl (C=O) groups excluding carboxylic acids is 1. The molecule has 0 radical (unpaired) electrons. The molecule has 1 aromatic heterocycles. The molecule has 1 fully saturated rings. The van der Waals surface area contributed by atoms with E-state index in [0.29, 0.717) is 23.2 Å². The van der Waals surface area contributed by atoms with Gasteiger partial charge in [-0.1, -0.05) is 23.7 Å². The highest BCUT2D eigenvalue weighted by atomic mass is 35.5. The standard InChI is InChI=1S/C14H14ClN3O/c15-12-3-1-10(2-4-12)9-18(13-5-6-13)14(19)11-7-16-17-8-11/h1-4,7-8,13H,5-6,9H2,(H,16,17). The van der Waals surface area contributed by atoms with Gasteiger partial charge in [0.05, 0.1) is 11.8 Å². The van der Waals surface area contributed by atoms with Gasteiger partial charge in [-0.25, -0.2) is 0 Å². The van der Waals surface area contributed by atoms with Gasteiger partial charge in [-0.2, -0.15) is 5.10 Å². The van der Waals surface area contributed by atoms with Crippen molar-refractivity contribution in [1.82, 2.24) is 15.1 Å². The Morgan fingerprint density at radius 1 is 1.37 bits per heavy atom. The van der Waals surface area contributed by atoms with E-state index < -0.39 is 0 Å². The predicted molar refractivity (Wildman–Crippen MR) is 72.9 cm³/mol. The molecule has 0 spiro atoms. The second kappa shape index (κ2) is 5.05. The number of halogens is 1. The van der Waals surface area contributed by atoms with Crippen LogP contribution in [0.2, 0.25) is 5.02 Å². The molecule has 19 heavy (non-hydrogen) atoms. The smallest absolute Gasteiger partial charge is 0.257 e. The zero-order valence-corrected chi connectivity index (χ0v) is 11.1. The highest BCUT2D eigenvalue weighted by Gasteiger charge is 2.33. The number of aromatic nitrogens is 2. The summed E-state index contributed by atoms with van der Waals surface area (Å²) in [5.74, 6) is 0.0335. The minimum atomic E-state index is 0.0335. The van der Waals surface area contributed by atoms with Crippen molar-refractivity contribution in [2.24, 2.45) is 0 Å². The average Bonchev–Trinajstić information content (AvgIpc) is 3.11. The van der Waals surface area contributed by atoms with Gasteiger partial charge in [0.15, 0.2) is 0 Å². The fourth-order valence-corrected chi connectivity index (χ4v) is 2.20. The Balaban J connectivity index is 1.78. The van der Waals surface area contributed by atoms with E-state index in [-0.39, 0.29) is 5.91 Å². The Morgan fingerprint density at radius 3 is 2.68 bits per heavy atom. The fourth-order valence-electron chi connectivity index (χ4n) is 2.07. The van der Waals surface area contributed by atoms with Crippen molar-refractivity contribution in [2.75, 3.05) is 0 Å². The first-order valence-corrected chi connectivity index (χ1v) is 6.66. The van der Waals surface area contributed by atoms with Crippen molar-refractivity contribution in [3.63, 3.8) is 0 Å². The third kappa shape index (κ3) is 2.79. The molecule has 0 unspecified atom stereocenters. The Kier molecular flexibility index (Phi) is 3.25. The number of rotatable bonds is 4. The molecule has 1 aliphatic carbocycles. The molecule has 0 atom stereocenters. The molecule has 1 saturated carbocycles. The van der Waals surface area contributed by atoms with Crippen molar-refractivity contribution < 1.29 is 4.79 Å². The summed E-state index contributed by atoms with van der Waals surface area (Å²) >= 11 is 5.87. The molecule has 1 heterocycles. The van der Waals surface area contributed by atoms with Crippen LogP contribution in [-0.4, -0.2) is 27.0 Å². The zero-order chi connectivity index (χ0) is 13.2. The van der Waals surface area contributed by atoms with Crippen LogP contribution in [0, 0.1) is 0 Å². The first kappa shape index (κ1) is 12.2. The number of H-pyrrole nitrogens is 1. The molecular weight excluding hydrogens is 262 g/mol. The van der Waals surface area contributed by atoms with Crippen LogP contribution in [0.1, 0.15) is 28.8 Å². The molecule has 98 valence electrons. The number of carbonyl (C=O) groups is 1. The van der Waals surface area contributed by atoms with Gasteiger partial charge in [-0.05, 0) is 30.5 Å². The SMILES string of the molecule is O=C(c1cn[nH]c1)N(Cc1ccc(Cl)cc1)C1CC1. The molecule has 1 amide bonds. The van der Waals surface area contributed by atoms with Crippen LogP contribution in [0.15, 0.2) is 36.7 Å². The summed E-state index contributed by atoms with van der Waals surface area (Å²) in [6.07, 6.45) is 5.37. The summed E-state index contributed by atoms with van der Waals surface area (Å²) in [7, 11) is 0. The lowest BCUT2D eigenvalue weighted by atomic mass is 10.2. The van der Waals surface area contributed by atoms with E-state index in [1.807, 2.05) is 29.2 Å². The van der Waals surface area contributed by atoms with Crippen LogP contribution in [0.4, 0.5) is 0 Å². The fraction of sp³-hybridized carbons (Fsp3) is 0.286. The topological polar surface area (TPSA) is 49.0 Å². The number of hydrogen-bond acceptors (Lipinski definition) is 2. The average molecular weight is 276 g/mol. The molecule has 1 N–H and O–H groups in total. The Bertz CT molecular complexity index is 561. The Hall–Kier alpha value is -1.81. The van der Waals surface area contributed by atoms with Gasteiger partial charge in [0.2, 0.25) is 0 Å². The lowest BCUT2D eigenvalue weighted by Crippen LogP contribution is -2.32. The van der Waals surface area contributed by atoms with Crippen LogP contribution in [0.3, 0.4) is 0 Å². The summed E-state index contributed by atoms with van der Waals surface area (Å²) < 4.78 is 0. The molecule has 5 heteroatoms. The number of benzene rings is 1. The molecule has 1 aliphatic rings. The van der Waals surface area contributed by atoms with Gasteiger partial charge in [0, 0.05) is 23.8 Å². The quantitative estimate of drug-likeness (QED) is 0.933. The van der Waals surface area contributed by atoms with Gasteiger partial charge < -0.3 is 4.90 Å². The molecular formula is C14H14ClN3O. The van der Waals surface area contributed by atoms with Gasteiger partial charge >= 0.3 is 0 Å². The highest BCUT2D eigenvalue weighted by Crippen LogP contribution is 2.29. The van der Waals surface area contributed by atoms with Crippen LogP contribution < -0.4 is 0 Å². The molecule has 0 aliphatic heterocycles. The van der Waals surface area contributed by atoms with E-state index in [0.717, 1.165) is 18.4 Å². The maximum Gasteiger partial charge on any atom is 0.257 e. The van der Waals surface area contributed by atoms with E-state index in [1.54, 1.807) is 12.4 Å². The largest absolute Gasteiger partial charge is 0.331 e. The summed E-state index contributed by atoms with van der Waals surface area (Å²) in [6, 6.07) is 7.98. The van der Waals surface area contributed by atoms with E-state index in [1.165, 1.54) is 0 Å². The van der Waals surface area contributed by atoms with Crippen molar-refractivity contribution in [3.05, 3.63) is 52.8 Å². The number of nitrogens with one attached hydrogen (secondary N) is 1. The summed E-state index contributed by atoms with van der Waals surface area (Å²) in [4.78, 5) is 14.3. The molecule has 1 aromatic carbocycles. The Labute approximate surface area is 116 Å². The van der Waals surface area contributed by atoms with Crippen molar-refractivity contribution in [1.29, 1.82) is 0 Å². The predicted octanol–water partition coefficient (Wildman–Crippen LogP) is 2.87. The first-order chi connectivity index (χ1) is 9.24. The number of aromatic amines is 1. The second-order valence-corrected chi connectivity index (χ2v) is 5.21. The van der Waals surface area contributed by atoms with Crippen LogP contribution in [0.25, 0.3) is 0 Å².